The Balaban J connectivity index is 0.00000195. The van der Waals surface area contributed by atoms with Gasteiger partial charge in [-0.15, -0.1) is 0 Å². The number of aromatic nitrogens is 4. The van der Waals surface area contributed by atoms with Crippen molar-refractivity contribution in [2.45, 2.75) is 66.7 Å². The summed E-state index contributed by atoms with van der Waals surface area (Å²) in [5.74, 6) is -0.0364. The first-order chi connectivity index (χ1) is 18.1. The maximum atomic E-state index is 13.0. The van der Waals surface area contributed by atoms with E-state index < -0.39 is 5.41 Å². The van der Waals surface area contributed by atoms with Crippen molar-refractivity contribution in [2.24, 2.45) is 5.41 Å². The number of anilines is 1. The molecule has 0 aliphatic carbocycles. The molecule has 3 aromatic heterocycles. The number of nitrogen functional groups attached to an aromatic ring is 1. The molecular formula is C28H39N7O3. The zero-order valence-corrected chi connectivity index (χ0v) is 23.2. The SMILES string of the molecule is CC.CCC(C)(CO)C(=O)N1CCC(c2nc3c(-c4ccc(C(C)=N)nc4)cnn3c(N)c2C(C)=O)CC1. The summed E-state index contributed by atoms with van der Waals surface area (Å²) in [6.45, 7) is 11.7. The van der Waals surface area contributed by atoms with Crippen LogP contribution in [-0.4, -0.2) is 66.7 Å². The molecule has 0 bridgehead atoms. The molecule has 204 valence electrons. The lowest BCUT2D eigenvalue weighted by Crippen LogP contribution is -2.47. The quantitative estimate of drug-likeness (QED) is 0.313. The second-order valence-electron chi connectivity index (χ2n) is 9.80. The molecule has 1 saturated heterocycles. The highest BCUT2D eigenvalue weighted by atomic mass is 16.3. The van der Waals surface area contributed by atoms with Gasteiger partial charge in [-0.1, -0.05) is 26.8 Å². The number of amides is 1. The first kappa shape index (κ1) is 28.9. The van der Waals surface area contributed by atoms with Crippen LogP contribution in [-0.2, 0) is 4.79 Å². The van der Waals surface area contributed by atoms with E-state index in [9.17, 15) is 14.7 Å². The fourth-order valence-electron chi connectivity index (χ4n) is 4.74. The highest BCUT2D eigenvalue weighted by Gasteiger charge is 2.37. The summed E-state index contributed by atoms with van der Waals surface area (Å²) in [5, 5.41) is 21.9. The van der Waals surface area contributed by atoms with Gasteiger partial charge in [0, 0.05) is 36.3 Å². The molecule has 10 nitrogen and oxygen atoms in total. The number of fused-ring (bicyclic) bond motifs is 1. The van der Waals surface area contributed by atoms with Gasteiger partial charge in [0.05, 0.1) is 40.9 Å². The first-order valence-corrected chi connectivity index (χ1v) is 13.2. The number of hydrogen-bond donors (Lipinski definition) is 3. The van der Waals surface area contributed by atoms with E-state index in [2.05, 4.69) is 10.1 Å². The summed E-state index contributed by atoms with van der Waals surface area (Å²) < 4.78 is 1.48. The van der Waals surface area contributed by atoms with E-state index in [1.165, 1.54) is 11.4 Å². The molecule has 0 saturated carbocycles. The smallest absolute Gasteiger partial charge is 0.230 e. The number of nitrogens with zero attached hydrogens (tertiary/aromatic N) is 5. The van der Waals surface area contributed by atoms with E-state index in [0.29, 0.717) is 60.7 Å². The summed E-state index contributed by atoms with van der Waals surface area (Å²) in [4.78, 5) is 36.7. The van der Waals surface area contributed by atoms with Gasteiger partial charge in [-0.2, -0.15) is 9.61 Å². The number of piperidine rings is 1. The zero-order chi connectivity index (χ0) is 28.2. The van der Waals surface area contributed by atoms with Crippen molar-refractivity contribution in [3.8, 4) is 11.1 Å². The summed E-state index contributed by atoms with van der Waals surface area (Å²) in [6.07, 6.45) is 5.17. The van der Waals surface area contributed by atoms with Crippen LogP contribution in [0.1, 0.15) is 88.5 Å². The molecule has 0 spiro atoms. The van der Waals surface area contributed by atoms with Crippen molar-refractivity contribution < 1.29 is 14.7 Å². The van der Waals surface area contributed by atoms with E-state index in [0.717, 1.165) is 11.1 Å². The number of nitrogens with one attached hydrogen (secondary N) is 1. The van der Waals surface area contributed by atoms with Crippen molar-refractivity contribution >= 4 is 28.9 Å². The van der Waals surface area contributed by atoms with Gasteiger partial charge in [-0.05, 0) is 46.1 Å². The number of aliphatic hydroxyl groups excluding tert-OH is 1. The van der Waals surface area contributed by atoms with Crippen LogP contribution in [0.25, 0.3) is 16.8 Å². The van der Waals surface area contributed by atoms with Gasteiger partial charge in [-0.25, -0.2) is 4.98 Å². The Labute approximate surface area is 223 Å². The number of nitrogens with two attached hydrogens (primary N) is 1. The molecule has 4 rings (SSSR count). The van der Waals surface area contributed by atoms with Crippen molar-refractivity contribution in [3.63, 3.8) is 0 Å². The van der Waals surface area contributed by atoms with Crippen LogP contribution in [0.5, 0.6) is 0 Å². The topological polar surface area (TPSA) is 151 Å². The van der Waals surface area contributed by atoms with Crippen LogP contribution in [0, 0.1) is 10.8 Å². The Morgan fingerprint density at radius 2 is 1.84 bits per heavy atom. The van der Waals surface area contributed by atoms with Crippen LogP contribution in [0.4, 0.5) is 5.82 Å². The molecule has 10 heteroatoms. The van der Waals surface area contributed by atoms with Gasteiger partial charge in [0.15, 0.2) is 11.4 Å². The third-order valence-electron chi connectivity index (χ3n) is 7.34. The zero-order valence-electron chi connectivity index (χ0n) is 23.2. The Morgan fingerprint density at radius 1 is 1.18 bits per heavy atom. The Morgan fingerprint density at radius 3 is 2.34 bits per heavy atom. The predicted molar refractivity (Wildman–Crippen MR) is 149 cm³/mol. The Hall–Kier alpha value is -3.66. The molecular weight excluding hydrogens is 482 g/mol. The predicted octanol–water partition coefficient (Wildman–Crippen LogP) is 4.10. The highest BCUT2D eigenvalue weighted by Crippen LogP contribution is 2.36. The van der Waals surface area contributed by atoms with E-state index in [1.807, 2.05) is 26.8 Å². The molecule has 4 heterocycles. The van der Waals surface area contributed by atoms with E-state index in [4.69, 9.17) is 16.1 Å². The maximum Gasteiger partial charge on any atom is 0.230 e. The molecule has 1 atom stereocenters. The number of pyridine rings is 1. The van der Waals surface area contributed by atoms with Crippen LogP contribution in [0.3, 0.4) is 0 Å². The lowest BCUT2D eigenvalue weighted by atomic mass is 9.84. The third kappa shape index (κ3) is 5.31. The molecule has 1 aliphatic rings. The van der Waals surface area contributed by atoms with Crippen molar-refractivity contribution in [1.82, 2.24) is 24.5 Å². The average molecular weight is 522 g/mol. The van der Waals surface area contributed by atoms with E-state index in [1.54, 1.807) is 37.2 Å². The fraction of sp³-hybridized carbons (Fsp3) is 0.500. The number of aliphatic hydroxyl groups is 1. The number of carbonyl (C=O) groups is 2. The Bertz CT molecular complexity index is 1320. The van der Waals surface area contributed by atoms with Gasteiger partial charge < -0.3 is 21.1 Å². The van der Waals surface area contributed by atoms with Crippen molar-refractivity contribution in [1.29, 1.82) is 5.41 Å². The average Bonchev–Trinajstić information content (AvgIpc) is 3.37. The third-order valence-corrected chi connectivity index (χ3v) is 7.34. The Kier molecular flexibility index (Phi) is 8.98. The molecule has 1 amide bonds. The number of likely N-dealkylation sites (tertiary alicyclic amines) is 1. The number of rotatable bonds is 7. The molecule has 1 aliphatic heterocycles. The largest absolute Gasteiger partial charge is 0.395 e. The summed E-state index contributed by atoms with van der Waals surface area (Å²) in [5.41, 5.74) is 9.67. The van der Waals surface area contributed by atoms with Gasteiger partial charge in [0.1, 0.15) is 5.82 Å². The standard InChI is InChI=1S/C26H33N7O3.C2H6/c1-5-26(4,14-34)25(36)32-10-8-17(9-11-32)22-21(16(3)35)23(28)33-24(31-22)19(13-30-33)18-6-7-20(15(2)27)29-12-18;1-2/h6-7,12-13,17,27,34H,5,8-11,14,28H2,1-4H3;1-2H3. The van der Waals surface area contributed by atoms with Gasteiger partial charge in [-0.3, -0.25) is 14.6 Å². The molecule has 3 aromatic rings. The van der Waals surface area contributed by atoms with Crippen LogP contribution >= 0.6 is 0 Å². The second kappa shape index (κ2) is 11.8. The first-order valence-electron chi connectivity index (χ1n) is 13.2. The summed E-state index contributed by atoms with van der Waals surface area (Å²) in [7, 11) is 0. The lowest BCUT2D eigenvalue weighted by molar-refractivity contribution is -0.144. The van der Waals surface area contributed by atoms with Crippen LogP contribution in [0.2, 0.25) is 0 Å². The molecule has 4 N–H and O–H groups in total. The monoisotopic (exact) mass is 521 g/mol. The van der Waals surface area contributed by atoms with E-state index in [-0.39, 0.29) is 30.0 Å². The van der Waals surface area contributed by atoms with Gasteiger partial charge >= 0.3 is 0 Å². The van der Waals surface area contributed by atoms with Crippen LogP contribution in [0.15, 0.2) is 24.5 Å². The van der Waals surface area contributed by atoms with E-state index >= 15 is 0 Å². The lowest BCUT2D eigenvalue weighted by Gasteiger charge is -2.37. The second-order valence-corrected chi connectivity index (χ2v) is 9.80. The number of hydrogen-bond acceptors (Lipinski definition) is 8. The molecule has 0 aromatic carbocycles. The van der Waals surface area contributed by atoms with Crippen molar-refractivity contribution in [3.05, 3.63) is 41.5 Å². The highest BCUT2D eigenvalue weighted by molar-refractivity contribution is 6.00. The number of carbonyl (C=O) groups excluding carboxylic acids is 2. The minimum atomic E-state index is -0.786. The molecule has 1 fully saturated rings. The summed E-state index contributed by atoms with van der Waals surface area (Å²) >= 11 is 0. The minimum Gasteiger partial charge on any atom is -0.395 e. The number of Topliss-reactive ketones (excluding diaryl/α,β-unsaturated/α-hetero) is 1. The summed E-state index contributed by atoms with van der Waals surface area (Å²) in [6, 6.07) is 3.64. The molecule has 0 radical (unpaired) electrons. The fourth-order valence-corrected chi connectivity index (χ4v) is 4.74. The van der Waals surface area contributed by atoms with Crippen LogP contribution < -0.4 is 5.73 Å². The van der Waals surface area contributed by atoms with Gasteiger partial charge in [0.2, 0.25) is 5.91 Å². The minimum absolute atomic E-state index is 0.0464. The molecule has 38 heavy (non-hydrogen) atoms. The molecule has 1 unspecified atom stereocenters. The number of ketones is 1. The normalized spacial score (nSPS) is 15.5. The van der Waals surface area contributed by atoms with Gasteiger partial charge in [0.25, 0.3) is 0 Å². The van der Waals surface area contributed by atoms with Crippen molar-refractivity contribution in [2.75, 3.05) is 25.4 Å². The maximum absolute atomic E-state index is 13.0.